The number of anilines is 1. The van der Waals surface area contributed by atoms with Gasteiger partial charge in [-0.2, -0.15) is 13.2 Å². The van der Waals surface area contributed by atoms with Crippen LogP contribution in [0.25, 0.3) is 0 Å². The van der Waals surface area contributed by atoms with Gasteiger partial charge in [0.15, 0.2) is 0 Å². The molecule has 5 heteroatoms. The predicted molar refractivity (Wildman–Crippen MR) is 70.0 cm³/mol. The summed E-state index contributed by atoms with van der Waals surface area (Å²) in [5.41, 5.74) is -0.688. The lowest BCUT2D eigenvalue weighted by molar-refractivity contribution is -0.137. The zero-order valence-electron chi connectivity index (χ0n) is 11.2. The molecule has 1 atom stereocenters. The predicted octanol–water partition coefficient (Wildman–Crippen LogP) is 3.91. The highest BCUT2D eigenvalue weighted by molar-refractivity contribution is 5.52. The molecule has 1 rings (SSSR count). The van der Waals surface area contributed by atoms with Crippen molar-refractivity contribution < 1.29 is 18.3 Å². The molecule has 19 heavy (non-hydrogen) atoms. The van der Waals surface area contributed by atoms with Gasteiger partial charge in [-0.1, -0.05) is 38.8 Å². The Kier molecular flexibility index (Phi) is 5.66. The number of nitrogens with one attached hydrogen (secondary N) is 1. The van der Waals surface area contributed by atoms with Crippen LogP contribution in [0.5, 0.6) is 0 Å². The van der Waals surface area contributed by atoms with E-state index >= 15 is 0 Å². The number of benzene rings is 1. The molecule has 0 radical (unpaired) electrons. The summed E-state index contributed by atoms with van der Waals surface area (Å²) in [6, 6.07) is 5.31. The molecule has 0 saturated carbocycles. The zero-order valence-corrected chi connectivity index (χ0v) is 11.2. The van der Waals surface area contributed by atoms with Gasteiger partial charge in [0.2, 0.25) is 0 Å². The van der Waals surface area contributed by atoms with Crippen LogP contribution in [-0.4, -0.2) is 17.8 Å². The van der Waals surface area contributed by atoms with E-state index in [0.717, 1.165) is 18.9 Å². The summed E-state index contributed by atoms with van der Waals surface area (Å²) in [7, 11) is 0. The third-order valence-corrected chi connectivity index (χ3v) is 3.33. The molecular formula is C14H20F3NO. The Morgan fingerprint density at radius 3 is 2.26 bits per heavy atom. The first-order valence-corrected chi connectivity index (χ1v) is 6.48. The van der Waals surface area contributed by atoms with Crippen LogP contribution in [0, 0.1) is 5.92 Å². The van der Waals surface area contributed by atoms with Gasteiger partial charge in [0, 0.05) is 12.2 Å². The second-order valence-electron chi connectivity index (χ2n) is 4.57. The molecule has 2 nitrogen and oxygen atoms in total. The van der Waals surface area contributed by atoms with E-state index in [2.05, 4.69) is 5.32 Å². The van der Waals surface area contributed by atoms with Crippen LogP contribution < -0.4 is 5.32 Å². The van der Waals surface area contributed by atoms with E-state index < -0.39 is 17.8 Å². The van der Waals surface area contributed by atoms with Crippen molar-refractivity contribution in [1.29, 1.82) is 0 Å². The number of alkyl halides is 3. The minimum Gasteiger partial charge on any atom is -0.391 e. The molecule has 108 valence electrons. The van der Waals surface area contributed by atoms with Crippen LogP contribution in [-0.2, 0) is 6.18 Å². The smallest absolute Gasteiger partial charge is 0.391 e. The van der Waals surface area contributed by atoms with E-state index in [4.69, 9.17) is 0 Å². The van der Waals surface area contributed by atoms with Crippen LogP contribution >= 0.6 is 0 Å². The average Bonchev–Trinajstić information content (AvgIpc) is 2.37. The van der Waals surface area contributed by atoms with Crippen molar-refractivity contribution in [1.82, 2.24) is 0 Å². The van der Waals surface area contributed by atoms with Crippen LogP contribution in [0.4, 0.5) is 18.9 Å². The molecule has 2 N–H and O–H groups in total. The van der Waals surface area contributed by atoms with Gasteiger partial charge in [-0.25, -0.2) is 0 Å². The minimum atomic E-state index is -4.39. The molecule has 1 unspecified atom stereocenters. The van der Waals surface area contributed by atoms with Crippen LogP contribution in [0.3, 0.4) is 0 Å². The first-order valence-electron chi connectivity index (χ1n) is 6.48. The molecule has 0 heterocycles. The lowest BCUT2D eigenvalue weighted by atomic mass is 9.96. The molecule has 0 aliphatic rings. The van der Waals surface area contributed by atoms with E-state index in [1.165, 1.54) is 12.1 Å². The van der Waals surface area contributed by atoms with Gasteiger partial charge in [0.1, 0.15) is 0 Å². The number of aliphatic hydroxyl groups excluding tert-OH is 1. The molecular weight excluding hydrogens is 255 g/mol. The van der Waals surface area contributed by atoms with Gasteiger partial charge < -0.3 is 10.4 Å². The summed E-state index contributed by atoms with van der Waals surface area (Å²) in [4.78, 5) is 0. The Morgan fingerprint density at radius 2 is 1.74 bits per heavy atom. The number of hydrogen-bond acceptors (Lipinski definition) is 2. The van der Waals surface area contributed by atoms with Crippen molar-refractivity contribution in [3.63, 3.8) is 0 Å². The van der Waals surface area contributed by atoms with Crippen LogP contribution in [0.2, 0.25) is 0 Å². The first-order chi connectivity index (χ1) is 8.90. The first kappa shape index (κ1) is 15.8. The second kappa shape index (κ2) is 6.80. The summed E-state index contributed by atoms with van der Waals surface area (Å²) in [5.74, 6) is 0.102. The minimum absolute atomic E-state index is 0.0139. The molecule has 1 aromatic rings. The van der Waals surface area contributed by atoms with Gasteiger partial charge in [-0.3, -0.25) is 0 Å². The van der Waals surface area contributed by atoms with E-state index in [9.17, 15) is 18.3 Å². The maximum absolute atomic E-state index is 12.8. The maximum atomic E-state index is 12.8. The lowest BCUT2D eigenvalue weighted by Crippen LogP contribution is -2.28. The largest absolute Gasteiger partial charge is 0.418 e. The Labute approximate surface area is 111 Å². The van der Waals surface area contributed by atoms with E-state index in [0.29, 0.717) is 0 Å². The molecule has 0 saturated heterocycles. The third-order valence-electron chi connectivity index (χ3n) is 3.33. The molecule has 0 spiro atoms. The normalized spacial score (nSPS) is 13.6. The SMILES string of the molecule is CCC(CC)C(O)CNc1ccccc1C(F)(F)F. The van der Waals surface area contributed by atoms with Crippen LogP contribution in [0.1, 0.15) is 32.3 Å². The summed E-state index contributed by atoms with van der Waals surface area (Å²) in [5, 5.41) is 12.6. The monoisotopic (exact) mass is 275 g/mol. The van der Waals surface area contributed by atoms with Gasteiger partial charge in [0.05, 0.1) is 11.7 Å². The summed E-state index contributed by atoms with van der Waals surface area (Å²) >= 11 is 0. The fourth-order valence-corrected chi connectivity index (χ4v) is 2.10. The van der Waals surface area contributed by atoms with Crippen LogP contribution in [0.15, 0.2) is 24.3 Å². The summed E-state index contributed by atoms with van der Waals surface area (Å²) in [6.45, 7) is 4.04. The van der Waals surface area contributed by atoms with E-state index in [1.54, 1.807) is 6.07 Å². The van der Waals surface area contributed by atoms with Gasteiger partial charge >= 0.3 is 6.18 Å². The van der Waals surface area contributed by atoms with Crippen molar-refractivity contribution in [2.45, 2.75) is 39.0 Å². The van der Waals surface area contributed by atoms with Gasteiger partial charge in [-0.15, -0.1) is 0 Å². The quantitative estimate of drug-likeness (QED) is 0.825. The molecule has 0 aliphatic heterocycles. The highest BCUT2D eigenvalue weighted by atomic mass is 19.4. The Bertz CT molecular complexity index is 389. The molecule has 0 aromatic heterocycles. The summed E-state index contributed by atoms with van der Waals surface area (Å²) in [6.07, 6.45) is -3.42. The summed E-state index contributed by atoms with van der Waals surface area (Å²) < 4.78 is 38.3. The molecule has 0 bridgehead atoms. The lowest BCUT2D eigenvalue weighted by Gasteiger charge is -2.22. The topological polar surface area (TPSA) is 32.3 Å². The Hall–Kier alpha value is -1.23. The molecule has 1 aromatic carbocycles. The fraction of sp³-hybridized carbons (Fsp3) is 0.571. The number of rotatable bonds is 6. The third kappa shape index (κ3) is 4.42. The van der Waals surface area contributed by atoms with Crippen molar-refractivity contribution in [3.05, 3.63) is 29.8 Å². The van der Waals surface area contributed by atoms with Crippen molar-refractivity contribution in [2.24, 2.45) is 5.92 Å². The molecule has 0 fully saturated rings. The highest BCUT2D eigenvalue weighted by Crippen LogP contribution is 2.34. The van der Waals surface area contributed by atoms with Gasteiger partial charge in [0.25, 0.3) is 0 Å². The highest BCUT2D eigenvalue weighted by Gasteiger charge is 2.33. The Balaban J connectivity index is 2.73. The standard InChI is InChI=1S/C14H20F3NO/c1-3-10(4-2)13(19)9-18-12-8-6-5-7-11(12)14(15,16)17/h5-8,10,13,18-19H,3-4,9H2,1-2H3. The fourth-order valence-electron chi connectivity index (χ4n) is 2.10. The number of para-hydroxylation sites is 1. The van der Waals surface area contributed by atoms with Crippen molar-refractivity contribution in [3.8, 4) is 0 Å². The zero-order chi connectivity index (χ0) is 14.5. The van der Waals surface area contributed by atoms with E-state index in [1.807, 2.05) is 13.8 Å². The number of halogens is 3. The number of aliphatic hydroxyl groups is 1. The number of hydrogen-bond donors (Lipinski definition) is 2. The maximum Gasteiger partial charge on any atom is 0.418 e. The molecule has 0 amide bonds. The second-order valence-corrected chi connectivity index (χ2v) is 4.57. The van der Waals surface area contributed by atoms with Gasteiger partial charge in [-0.05, 0) is 18.1 Å². The van der Waals surface area contributed by atoms with E-state index in [-0.39, 0.29) is 18.2 Å². The van der Waals surface area contributed by atoms with Crippen molar-refractivity contribution >= 4 is 5.69 Å². The van der Waals surface area contributed by atoms with Crippen molar-refractivity contribution in [2.75, 3.05) is 11.9 Å². The molecule has 0 aliphatic carbocycles. The average molecular weight is 275 g/mol. The Morgan fingerprint density at radius 1 is 1.16 bits per heavy atom.